The van der Waals surface area contributed by atoms with Crippen LogP contribution in [0.25, 0.3) is 0 Å². The number of amides is 1. The molecule has 1 N–H and O–H groups in total. The predicted molar refractivity (Wildman–Crippen MR) is 85.8 cm³/mol. The summed E-state index contributed by atoms with van der Waals surface area (Å²) in [4.78, 5) is 22.4. The van der Waals surface area contributed by atoms with Crippen molar-refractivity contribution in [2.75, 3.05) is 0 Å². The number of rotatable bonds is 4. The molecule has 0 bridgehead atoms. The first kappa shape index (κ1) is 15.7. The minimum absolute atomic E-state index is 0.0161. The van der Waals surface area contributed by atoms with Gasteiger partial charge in [0.05, 0.1) is 11.0 Å². The average molecular weight is 324 g/mol. The second kappa shape index (κ2) is 6.87. The normalized spacial score (nSPS) is 20.7. The molecule has 21 heavy (non-hydrogen) atoms. The molecule has 1 amide bonds. The van der Waals surface area contributed by atoms with Gasteiger partial charge in [-0.05, 0) is 31.0 Å². The molecule has 1 fully saturated rings. The zero-order valence-corrected chi connectivity index (χ0v) is 13.2. The van der Waals surface area contributed by atoms with Crippen molar-refractivity contribution in [3.8, 4) is 0 Å². The fourth-order valence-electron chi connectivity index (χ4n) is 1.71. The van der Waals surface area contributed by atoms with Crippen LogP contribution >= 0.6 is 23.4 Å². The highest BCUT2D eigenvalue weighted by atomic mass is 35.5. The highest BCUT2D eigenvalue weighted by Gasteiger charge is 2.31. The summed E-state index contributed by atoms with van der Waals surface area (Å²) in [6.07, 6.45) is -0.0161. The van der Waals surface area contributed by atoms with Crippen molar-refractivity contribution in [1.29, 1.82) is 0 Å². The number of nitrogens with zero attached hydrogens (tertiary/aromatic N) is 2. The van der Waals surface area contributed by atoms with Crippen LogP contribution in [0.4, 0.5) is 0 Å². The summed E-state index contributed by atoms with van der Waals surface area (Å²) in [7, 11) is 0. The van der Waals surface area contributed by atoms with Crippen LogP contribution < -0.4 is 5.32 Å². The number of nitrogens with one attached hydrogen (secondary N) is 1. The molecule has 0 aromatic heterocycles. The second-order valence-corrected chi connectivity index (χ2v) is 6.22. The fraction of sp³-hybridized carbons (Fsp3) is 0.286. The number of thioether (sulfide) groups is 1. The van der Waals surface area contributed by atoms with E-state index in [4.69, 9.17) is 11.6 Å². The lowest BCUT2D eigenvalue weighted by atomic mass is 10.1. The second-order valence-electron chi connectivity index (χ2n) is 4.61. The first-order valence-corrected chi connectivity index (χ1v) is 7.56. The topological polar surface area (TPSA) is 70.9 Å². The quantitative estimate of drug-likeness (QED) is 0.525. The third-order valence-corrected chi connectivity index (χ3v) is 4.11. The number of hydrogen-bond donors (Lipinski definition) is 1. The molecule has 0 spiro atoms. The predicted octanol–water partition coefficient (Wildman–Crippen LogP) is 2.46. The van der Waals surface area contributed by atoms with Crippen LogP contribution in [-0.2, 0) is 9.59 Å². The lowest BCUT2D eigenvalue weighted by Gasteiger charge is -1.99. The van der Waals surface area contributed by atoms with Crippen molar-refractivity contribution in [2.24, 2.45) is 10.2 Å². The van der Waals surface area contributed by atoms with Crippen molar-refractivity contribution in [3.05, 3.63) is 35.4 Å². The Labute approximate surface area is 131 Å². The Hall–Kier alpha value is -1.66. The number of aryl methyl sites for hydroxylation is 1. The van der Waals surface area contributed by atoms with Crippen LogP contribution in [0, 0.1) is 6.92 Å². The summed E-state index contributed by atoms with van der Waals surface area (Å²) in [5.74, 6) is -0.268. The Balaban J connectivity index is 2.07. The molecule has 1 unspecified atom stereocenters. The summed E-state index contributed by atoms with van der Waals surface area (Å²) in [5, 5.41) is 10.0. The van der Waals surface area contributed by atoms with Gasteiger partial charge in [-0.2, -0.15) is 5.10 Å². The molecule has 1 heterocycles. The SMILES string of the molecule is CC(=NN=C1NC(=O)C(CC(=O)Cl)S1)c1ccc(C)cc1. The van der Waals surface area contributed by atoms with Crippen LogP contribution in [0.1, 0.15) is 24.5 Å². The van der Waals surface area contributed by atoms with Crippen LogP contribution in [0.5, 0.6) is 0 Å². The highest BCUT2D eigenvalue weighted by Crippen LogP contribution is 2.23. The zero-order chi connectivity index (χ0) is 15.4. The van der Waals surface area contributed by atoms with E-state index in [1.54, 1.807) is 0 Å². The lowest BCUT2D eigenvalue weighted by molar-refractivity contribution is -0.121. The van der Waals surface area contributed by atoms with Gasteiger partial charge in [-0.3, -0.25) is 9.59 Å². The van der Waals surface area contributed by atoms with E-state index in [2.05, 4.69) is 15.5 Å². The van der Waals surface area contributed by atoms with E-state index < -0.39 is 10.5 Å². The molecule has 7 heteroatoms. The zero-order valence-electron chi connectivity index (χ0n) is 11.6. The van der Waals surface area contributed by atoms with Gasteiger partial charge in [0.15, 0.2) is 5.17 Å². The van der Waals surface area contributed by atoms with Gasteiger partial charge in [0.1, 0.15) is 0 Å². The van der Waals surface area contributed by atoms with Crippen LogP contribution in [0.15, 0.2) is 34.5 Å². The number of carbonyl (C=O) groups is 2. The third kappa shape index (κ3) is 4.41. The van der Waals surface area contributed by atoms with Crippen LogP contribution in [0.2, 0.25) is 0 Å². The number of hydrogen-bond acceptors (Lipinski definition) is 5. The molecule has 0 radical (unpaired) electrons. The number of halogens is 1. The van der Waals surface area contributed by atoms with Gasteiger partial charge >= 0.3 is 0 Å². The largest absolute Gasteiger partial charge is 0.303 e. The van der Waals surface area contributed by atoms with Gasteiger partial charge in [0.25, 0.3) is 0 Å². The molecule has 5 nitrogen and oxygen atoms in total. The first-order valence-electron chi connectivity index (χ1n) is 6.31. The van der Waals surface area contributed by atoms with Crippen LogP contribution in [-0.4, -0.2) is 27.3 Å². The molecular weight excluding hydrogens is 310 g/mol. The molecule has 1 aromatic rings. The molecule has 0 saturated carbocycles. The van der Waals surface area contributed by atoms with Gasteiger partial charge in [-0.15, -0.1) is 5.10 Å². The molecule has 1 aliphatic heterocycles. The smallest absolute Gasteiger partial charge is 0.240 e. The Morgan fingerprint density at radius 3 is 2.67 bits per heavy atom. The molecular formula is C14H14ClN3O2S. The highest BCUT2D eigenvalue weighted by molar-refractivity contribution is 8.15. The van der Waals surface area contributed by atoms with Crippen molar-refractivity contribution in [1.82, 2.24) is 5.32 Å². The summed E-state index contributed by atoms with van der Waals surface area (Å²) in [6, 6.07) is 7.92. The van der Waals surface area contributed by atoms with Gasteiger partial charge in [-0.1, -0.05) is 41.6 Å². The van der Waals surface area contributed by atoms with E-state index in [1.807, 2.05) is 38.1 Å². The number of benzene rings is 1. The summed E-state index contributed by atoms with van der Waals surface area (Å²) >= 11 is 6.46. The minimum atomic E-state index is -0.539. The number of amidine groups is 1. The monoisotopic (exact) mass is 323 g/mol. The van der Waals surface area contributed by atoms with E-state index >= 15 is 0 Å². The van der Waals surface area contributed by atoms with Gasteiger partial charge in [0.2, 0.25) is 11.1 Å². The van der Waals surface area contributed by atoms with Crippen molar-refractivity contribution in [2.45, 2.75) is 25.5 Å². The fourth-order valence-corrected chi connectivity index (χ4v) is 2.87. The van der Waals surface area contributed by atoms with E-state index in [0.29, 0.717) is 5.17 Å². The summed E-state index contributed by atoms with van der Waals surface area (Å²) < 4.78 is 0. The molecule has 2 rings (SSSR count). The Morgan fingerprint density at radius 2 is 2.05 bits per heavy atom. The molecule has 1 saturated heterocycles. The van der Waals surface area contributed by atoms with Gasteiger partial charge < -0.3 is 5.32 Å². The third-order valence-electron chi connectivity index (χ3n) is 2.88. The van der Waals surface area contributed by atoms with Crippen LogP contribution in [0.3, 0.4) is 0 Å². The van der Waals surface area contributed by atoms with E-state index in [1.165, 1.54) is 5.56 Å². The van der Waals surface area contributed by atoms with Gasteiger partial charge in [0, 0.05) is 6.42 Å². The van der Waals surface area contributed by atoms with Crippen molar-refractivity contribution in [3.63, 3.8) is 0 Å². The summed E-state index contributed by atoms with van der Waals surface area (Å²) in [5.41, 5.74) is 2.88. The first-order chi connectivity index (χ1) is 9.95. The Kier molecular flexibility index (Phi) is 5.14. The molecule has 1 atom stereocenters. The standard InChI is InChI=1S/C14H14ClN3O2S/c1-8-3-5-10(6-4-8)9(2)17-18-14-16-13(20)11(21-14)7-12(15)19/h3-6,11H,7H2,1-2H3,(H,16,18,20). The van der Waals surface area contributed by atoms with Gasteiger partial charge in [-0.25, -0.2) is 0 Å². The Bertz CT molecular complexity index is 626. The maximum atomic E-state index is 11.6. The Morgan fingerprint density at radius 1 is 1.38 bits per heavy atom. The average Bonchev–Trinajstić information content (AvgIpc) is 2.77. The van der Waals surface area contributed by atoms with Crippen molar-refractivity contribution < 1.29 is 9.59 Å². The maximum absolute atomic E-state index is 11.6. The molecule has 0 aliphatic carbocycles. The lowest BCUT2D eigenvalue weighted by Crippen LogP contribution is -2.25. The molecule has 1 aromatic carbocycles. The molecule has 1 aliphatic rings. The van der Waals surface area contributed by atoms with E-state index in [0.717, 1.165) is 23.0 Å². The van der Waals surface area contributed by atoms with E-state index in [-0.39, 0.29) is 12.3 Å². The van der Waals surface area contributed by atoms with Crippen molar-refractivity contribution >= 4 is 45.4 Å². The number of carbonyl (C=O) groups excluding carboxylic acids is 2. The molecule has 110 valence electrons. The maximum Gasteiger partial charge on any atom is 0.240 e. The van der Waals surface area contributed by atoms with E-state index in [9.17, 15) is 9.59 Å². The minimum Gasteiger partial charge on any atom is -0.303 e. The summed E-state index contributed by atoms with van der Waals surface area (Å²) in [6.45, 7) is 3.86.